The first kappa shape index (κ1) is 9.89. The molecule has 2 heteroatoms. The van der Waals surface area contributed by atoms with Crippen LogP contribution < -0.4 is 4.74 Å². The van der Waals surface area contributed by atoms with Crippen LogP contribution in [0.3, 0.4) is 0 Å². The summed E-state index contributed by atoms with van der Waals surface area (Å²) in [6, 6.07) is 8.32. The first-order valence-corrected chi connectivity index (χ1v) is 5.83. The van der Waals surface area contributed by atoms with Gasteiger partial charge in [0.2, 0.25) is 0 Å². The van der Waals surface area contributed by atoms with Crippen molar-refractivity contribution in [1.82, 2.24) is 0 Å². The van der Waals surface area contributed by atoms with Crippen molar-refractivity contribution in [1.29, 1.82) is 0 Å². The zero-order valence-corrected chi connectivity index (χ0v) is 10.0. The third-order valence-electron chi connectivity index (χ3n) is 1.96. The second-order valence-electron chi connectivity index (χ2n) is 2.86. The minimum atomic E-state index is 0.671. The monoisotopic (exact) mass is 280 g/mol. The standard InChI is InChI=1S/C10H14OTe/c1-8(7-12)9-3-5-10(11-2)6-4-9/h3-6,8,12H,7H2,1-2H3. The van der Waals surface area contributed by atoms with E-state index >= 15 is 0 Å². The number of benzene rings is 1. The quantitative estimate of drug-likeness (QED) is 0.769. The number of hydrogen-bond acceptors (Lipinski definition) is 1. The Morgan fingerprint density at radius 1 is 1.33 bits per heavy atom. The number of rotatable bonds is 3. The molecule has 1 nitrogen and oxygen atoms in total. The van der Waals surface area contributed by atoms with E-state index < -0.39 is 0 Å². The summed E-state index contributed by atoms with van der Waals surface area (Å²) in [6.45, 7) is 2.25. The summed E-state index contributed by atoms with van der Waals surface area (Å²) in [4.78, 5) is 0. The Hall–Kier alpha value is -0.190. The number of hydrogen-bond donors (Lipinski definition) is 0. The maximum absolute atomic E-state index is 5.09. The van der Waals surface area contributed by atoms with Crippen LogP contribution in [-0.4, -0.2) is 29.4 Å². The van der Waals surface area contributed by atoms with Gasteiger partial charge in [0.05, 0.1) is 0 Å². The molecule has 0 aliphatic rings. The van der Waals surface area contributed by atoms with Gasteiger partial charge in [-0.25, -0.2) is 0 Å². The summed E-state index contributed by atoms with van der Waals surface area (Å²) in [7, 11) is 1.70. The molecule has 1 aromatic rings. The summed E-state index contributed by atoms with van der Waals surface area (Å²) in [5.74, 6) is 1.61. The minimum absolute atomic E-state index is 0.671. The van der Waals surface area contributed by atoms with Gasteiger partial charge in [0, 0.05) is 0 Å². The van der Waals surface area contributed by atoms with E-state index in [4.69, 9.17) is 4.74 Å². The van der Waals surface area contributed by atoms with E-state index in [0.29, 0.717) is 5.92 Å². The predicted octanol–water partition coefficient (Wildman–Crippen LogP) is 2.12. The SMILES string of the molecule is COc1ccc(C(C)C[TeH])cc1. The molecule has 0 aliphatic heterocycles. The molecule has 66 valence electrons. The third kappa shape index (κ3) is 2.40. The van der Waals surface area contributed by atoms with Crippen molar-refractivity contribution in [2.45, 2.75) is 17.3 Å². The van der Waals surface area contributed by atoms with Gasteiger partial charge in [-0.1, -0.05) is 0 Å². The molecule has 0 saturated heterocycles. The van der Waals surface area contributed by atoms with E-state index in [2.05, 4.69) is 19.1 Å². The molecule has 0 aliphatic carbocycles. The van der Waals surface area contributed by atoms with Crippen LogP contribution in [0.5, 0.6) is 5.75 Å². The topological polar surface area (TPSA) is 9.23 Å². The summed E-state index contributed by atoms with van der Waals surface area (Å²) in [5.41, 5.74) is 1.40. The first-order chi connectivity index (χ1) is 5.77. The van der Waals surface area contributed by atoms with Crippen LogP contribution in [-0.2, 0) is 0 Å². The average Bonchev–Trinajstić information content (AvgIpc) is 2.17. The van der Waals surface area contributed by atoms with Gasteiger partial charge in [-0.05, 0) is 0 Å². The van der Waals surface area contributed by atoms with Gasteiger partial charge >= 0.3 is 87.0 Å². The average molecular weight is 278 g/mol. The molecule has 0 amide bonds. The normalized spacial score (nSPS) is 12.6. The number of methoxy groups -OCH3 is 1. The Bertz CT molecular complexity index is 230. The van der Waals surface area contributed by atoms with E-state index in [1.807, 2.05) is 34.4 Å². The molecule has 0 bridgehead atoms. The van der Waals surface area contributed by atoms with E-state index in [1.54, 1.807) is 7.11 Å². The maximum atomic E-state index is 5.09. The van der Waals surface area contributed by atoms with Gasteiger partial charge in [-0.3, -0.25) is 0 Å². The molecule has 1 aromatic carbocycles. The zero-order valence-electron chi connectivity index (χ0n) is 7.45. The van der Waals surface area contributed by atoms with Crippen molar-refractivity contribution in [2.75, 3.05) is 7.11 Å². The van der Waals surface area contributed by atoms with Crippen molar-refractivity contribution in [2.24, 2.45) is 0 Å². The van der Waals surface area contributed by atoms with Crippen LogP contribution in [0, 0.1) is 0 Å². The fourth-order valence-corrected chi connectivity index (χ4v) is 1.64. The Kier molecular flexibility index (Phi) is 3.91. The van der Waals surface area contributed by atoms with Gasteiger partial charge < -0.3 is 0 Å². The van der Waals surface area contributed by atoms with Gasteiger partial charge in [-0.15, -0.1) is 0 Å². The summed E-state index contributed by atoms with van der Waals surface area (Å²) < 4.78 is 6.32. The zero-order chi connectivity index (χ0) is 8.97. The molecular weight excluding hydrogens is 264 g/mol. The Balaban J connectivity index is 2.77. The first-order valence-electron chi connectivity index (χ1n) is 4.02. The molecule has 0 saturated carbocycles. The van der Waals surface area contributed by atoms with Crippen molar-refractivity contribution < 1.29 is 4.74 Å². The van der Waals surface area contributed by atoms with Crippen molar-refractivity contribution in [3.05, 3.63) is 29.8 Å². The summed E-state index contributed by atoms with van der Waals surface area (Å²) >= 11 is 1.87. The van der Waals surface area contributed by atoms with Crippen LogP contribution >= 0.6 is 0 Å². The third-order valence-corrected chi connectivity index (χ3v) is 3.52. The second-order valence-corrected chi connectivity index (χ2v) is 3.90. The molecule has 0 N–H and O–H groups in total. The van der Waals surface area contributed by atoms with Crippen molar-refractivity contribution >= 4 is 22.3 Å². The predicted molar refractivity (Wildman–Crippen MR) is 53.4 cm³/mol. The second kappa shape index (κ2) is 4.74. The van der Waals surface area contributed by atoms with Crippen LogP contribution in [0.15, 0.2) is 24.3 Å². The molecule has 1 rings (SSSR count). The molecule has 0 spiro atoms. The van der Waals surface area contributed by atoms with Crippen molar-refractivity contribution in [3.63, 3.8) is 0 Å². The molecule has 1 atom stereocenters. The van der Waals surface area contributed by atoms with E-state index in [0.717, 1.165) is 5.75 Å². The summed E-state index contributed by atoms with van der Waals surface area (Å²) in [6.07, 6.45) is 0. The van der Waals surface area contributed by atoms with Gasteiger partial charge in [0.1, 0.15) is 0 Å². The fraction of sp³-hybridized carbons (Fsp3) is 0.400. The fourth-order valence-electron chi connectivity index (χ4n) is 1.04. The molecule has 0 radical (unpaired) electrons. The van der Waals surface area contributed by atoms with Gasteiger partial charge in [-0.2, -0.15) is 0 Å². The Morgan fingerprint density at radius 3 is 2.33 bits per heavy atom. The van der Waals surface area contributed by atoms with Crippen LogP contribution in [0.4, 0.5) is 0 Å². The van der Waals surface area contributed by atoms with Crippen molar-refractivity contribution in [3.8, 4) is 5.75 Å². The van der Waals surface area contributed by atoms with E-state index in [-0.39, 0.29) is 0 Å². The molecule has 1 unspecified atom stereocenters. The van der Waals surface area contributed by atoms with E-state index in [9.17, 15) is 0 Å². The van der Waals surface area contributed by atoms with Crippen LogP contribution in [0.2, 0.25) is 4.47 Å². The van der Waals surface area contributed by atoms with E-state index in [1.165, 1.54) is 10.0 Å². The summed E-state index contributed by atoms with van der Waals surface area (Å²) in [5, 5.41) is 0. The Labute approximate surface area is 87.0 Å². The molecule has 0 fully saturated rings. The Morgan fingerprint density at radius 2 is 1.92 bits per heavy atom. The molecule has 0 aromatic heterocycles. The van der Waals surface area contributed by atoms with Gasteiger partial charge in [0.15, 0.2) is 0 Å². The number of ether oxygens (including phenoxy) is 1. The molecule has 12 heavy (non-hydrogen) atoms. The molecular formula is C10H14OTe. The van der Waals surface area contributed by atoms with Crippen LogP contribution in [0.1, 0.15) is 18.4 Å². The van der Waals surface area contributed by atoms with Crippen LogP contribution in [0.25, 0.3) is 0 Å². The molecule has 0 heterocycles. The van der Waals surface area contributed by atoms with Gasteiger partial charge in [0.25, 0.3) is 0 Å².